The van der Waals surface area contributed by atoms with E-state index in [0.29, 0.717) is 33.0 Å². The maximum atomic E-state index is 9.52. The molecule has 5 nitrogen and oxygen atoms in total. The number of rotatable bonds is 15. The van der Waals surface area contributed by atoms with Crippen LogP contribution in [0.1, 0.15) is 11.1 Å². The smallest absolute Gasteiger partial charge is 0.105 e. The molecule has 0 aliphatic heterocycles. The summed E-state index contributed by atoms with van der Waals surface area (Å²) in [5, 5.41) is 9.52. The van der Waals surface area contributed by atoms with E-state index in [0.717, 1.165) is 11.1 Å². The first-order valence-corrected chi connectivity index (χ1v) is 9.50. The molecule has 0 aliphatic carbocycles. The summed E-state index contributed by atoms with van der Waals surface area (Å²) in [4.78, 5) is 0. The second-order valence-electron chi connectivity index (χ2n) is 6.38. The molecule has 0 spiro atoms. The maximum absolute atomic E-state index is 9.52. The summed E-state index contributed by atoms with van der Waals surface area (Å²) in [7, 11) is 0. The van der Waals surface area contributed by atoms with Crippen molar-refractivity contribution in [2.24, 2.45) is 0 Å². The van der Waals surface area contributed by atoms with Crippen molar-refractivity contribution >= 4 is 0 Å². The molecule has 6 heteroatoms. The number of aliphatic hydroxyl groups excluding tert-OH is 1. The van der Waals surface area contributed by atoms with E-state index in [1.807, 2.05) is 60.7 Å². The number of hydrogen-bond acceptors (Lipinski definition) is 5. The Hall–Kier alpha value is -1.37. The van der Waals surface area contributed by atoms with Gasteiger partial charge in [-0.3, -0.25) is 0 Å². The van der Waals surface area contributed by atoms with Crippen LogP contribution >= 0.6 is 0 Å². The molecular weight excluding hydrogens is 548 g/mol. The summed E-state index contributed by atoms with van der Waals surface area (Å²) in [6, 6.07) is 19.8. The molecule has 0 aromatic heterocycles. The van der Waals surface area contributed by atoms with Gasteiger partial charge in [0.2, 0.25) is 0 Å². The van der Waals surface area contributed by atoms with E-state index in [-0.39, 0.29) is 45.5 Å². The molecule has 0 aliphatic rings. The summed E-state index contributed by atoms with van der Waals surface area (Å²) < 4.78 is 22.9. The second-order valence-corrected chi connectivity index (χ2v) is 6.38. The fourth-order valence-corrected chi connectivity index (χ4v) is 2.49. The Morgan fingerprint density at radius 1 is 0.759 bits per heavy atom. The summed E-state index contributed by atoms with van der Waals surface area (Å²) in [6.07, 6.45) is 1.10. The molecule has 29 heavy (non-hydrogen) atoms. The molecule has 1 radical (unpaired) electrons. The minimum Gasteiger partial charge on any atom is -0.394 e. The summed E-state index contributed by atoms with van der Waals surface area (Å²) in [5.74, 6) is 0. The minimum atomic E-state index is -0.385. The Balaban J connectivity index is 0.00000420. The zero-order valence-corrected chi connectivity index (χ0v) is 19.0. The average Bonchev–Trinajstić information content (AvgIpc) is 2.75. The Morgan fingerprint density at radius 3 is 1.76 bits per heavy atom. The quantitative estimate of drug-likeness (QED) is 0.260. The van der Waals surface area contributed by atoms with Gasteiger partial charge < -0.3 is 24.1 Å². The molecule has 0 heterocycles. The van der Waals surface area contributed by atoms with Gasteiger partial charge in [0.25, 0.3) is 0 Å². The molecule has 2 atom stereocenters. The average molecular weight is 579 g/mol. The van der Waals surface area contributed by atoms with E-state index in [1.54, 1.807) is 6.08 Å². The third kappa shape index (κ3) is 11.4. The van der Waals surface area contributed by atoms with Crippen LogP contribution in [0.3, 0.4) is 0 Å². The van der Waals surface area contributed by atoms with Gasteiger partial charge in [0, 0.05) is 20.1 Å². The second kappa shape index (κ2) is 16.4. The van der Waals surface area contributed by atoms with E-state index in [4.69, 9.17) is 18.9 Å². The van der Waals surface area contributed by atoms with Crippen LogP contribution in [-0.2, 0) is 52.3 Å². The van der Waals surface area contributed by atoms with Gasteiger partial charge in [0.1, 0.15) is 12.2 Å². The van der Waals surface area contributed by atoms with Gasteiger partial charge in [0.05, 0.1) is 46.2 Å². The monoisotopic (exact) mass is 579 g/mol. The molecule has 0 bridgehead atoms. The predicted molar refractivity (Wildman–Crippen MR) is 109 cm³/mol. The topological polar surface area (TPSA) is 57.2 Å². The van der Waals surface area contributed by atoms with Crippen LogP contribution in [-0.4, -0.2) is 50.3 Å². The van der Waals surface area contributed by atoms with E-state index in [9.17, 15) is 5.11 Å². The molecule has 2 unspecified atom stereocenters. The van der Waals surface area contributed by atoms with E-state index in [1.165, 1.54) is 0 Å². The predicted octanol–water partition coefficient (Wildman–Crippen LogP) is 3.37. The molecule has 0 fully saturated rings. The molecule has 161 valence electrons. The first-order chi connectivity index (χ1) is 13.8. The Kier molecular flexibility index (Phi) is 14.5. The van der Waals surface area contributed by atoms with Gasteiger partial charge in [-0.1, -0.05) is 66.7 Å². The third-order valence-corrected chi connectivity index (χ3v) is 4.01. The molecule has 0 amide bonds. The number of hydrogen-bond donors (Lipinski definition) is 1. The fourth-order valence-electron chi connectivity index (χ4n) is 2.49. The van der Waals surface area contributed by atoms with Crippen molar-refractivity contribution in [2.75, 3.05) is 33.0 Å². The van der Waals surface area contributed by atoms with E-state index >= 15 is 0 Å². The van der Waals surface area contributed by atoms with Gasteiger partial charge in [-0.15, -0.1) is 6.58 Å². The molecule has 2 aromatic rings. The van der Waals surface area contributed by atoms with Gasteiger partial charge in [0.15, 0.2) is 0 Å². The van der Waals surface area contributed by atoms with Crippen molar-refractivity contribution < 1.29 is 44.2 Å². The van der Waals surface area contributed by atoms with Crippen LogP contribution in [0.5, 0.6) is 0 Å². The standard InChI is InChI=1S/C23H30O5.Ir/c1-2-13-25-18-23(28-16-21-11-7-4-8-12-21)19-26-17-22(14-24)27-15-20-9-5-3-6-10-20;/h2-12,22-24H,1,13-19H2;. The van der Waals surface area contributed by atoms with E-state index in [2.05, 4.69) is 6.58 Å². The minimum absolute atomic E-state index is 0. The first-order valence-electron chi connectivity index (χ1n) is 9.50. The third-order valence-electron chi connectivity index (χ3n) is 4.01. The molecule has 0 saturated carbocycles. The first kappa shape index (κ1) is 25.7. The molecule has 1 N–H and O–H groups in total. The van der Waals surface area contributed by atoms with Crippen molar-refractivity contribution in [3.8, 4) is 0 Å². The van der Waals surface area contributed by atoms with Gasteiger partial charge in [-0.25, -0.2) is 0 Å². The van der Waals surface area contributed by atoms with Crippen LogP contribution in [0, 0.1) is 0 Å². The Labute approximate surface area is 187 Å². The zero-order valence-electron chi connectivity index (χ0n) is 16.6. The summed E-state index contributed by atoms with van der Waals surface area (Å²) in [6.45, 7) is 5.99. The molecule has 2 aromatic carbocycles. The zero-order chi connectivity index (χ0) is 19.9. The summed E-state index contributed by atoms with van der Waals surface area (Å²) >= 11 is 0. The van der Waals surface area contributed by atoms with E-state index < -0.39 is 0 Å². The van der Waals surface area contributed by atoms with Crippen LogP contribution < -0.4 is 0 Å². The molecule has 0 saturated heterocycles. The summed E-state index contributed by atoms with van der Waals surface area (Å²) in [5.41, 5.74) is 2.15. The van der Waals surface area contributed by atoms with Crippen LogP contribution in [0.25, 0.3) is 0 Å². The van der Waals surface area contributed by atoms with Crippen molar-refractivity contribution in [1.29, 1.82) is 0 Å². The normalized spacial score (nSPS) is 12.7. The van der Waals surface area contributed by atoms with Crippen molar-refractivity contribution in [1.82, 2.24) is 0 Å². The van der Waals surface area contributed by atoms with Crippen LogP contribution in [0.15, 0.2) is 73.3 Å². The Bertz CT molecular complexity index is 638. The number of benzene rings is 2. The maximum Gasteiger partial charge on any atom is 0.105 e. The van der Waals surface area contributed by atoms with Gasteiger partial charge in [-0.2, -0.15) is 0 Å². The van der Waals surface area contributed by atoms with Crippen LogP contribution in [0.2, 0.25) is 0 Å². The number of ether oxygens (including phenoxy) is 4. The van der Waals surface area contributed by atoms with Crippen molar-refractivity contribution in [2.45, 2.75) is 25.4 Å². The molecular formula is C23H30IrO5. The fraction of sp³-hybridized carbons (Fsp3) is 0.391. The van der Waals surface area contributed by atoms with Gasteiger partial charge >= 0.3 is 0 Å². The van der Waals surface area contributed by atoms with Crippen molar-refractivity contribution in [3.05, 3.63) is 84.4 Å². The number of aliphatic hydroxyl groups is 1. The SMILES string of the molecule is C=CCOCC(COCC(CO)OCc1ccccc1)OCc1ccccc1.[Ir]. The Morgan fingerprint density at radius 2 is 1.24 bits per heavy atom. The molecule has 2 rings (SSSR count). The van der Waals surface area contributed by atoms with Crippen LogP contribution in [0.4, 0.5) is 0 Å². The van der Waals surface area contributed by atoms with Gasteiger partial charge in [-0.05, 0) is 11.1 Å². The van der Waals surface area contributed by atoms with Crippen molar-refractivity contribution in [3.63, 3.8) is 0 Å². The largest absolute Gasteiger partial charge is 0.394 e.